The van der Waals surface area contributed by atoms with E-state index in [2.05, 4.69) is 27.6 Å². The molecular formula is C35H33ClN4O4. The molecular weight excluding hydrogens is 576 g/mol. The first-order chi connectivity index (χ1) is 21.3. The van der Waals surface area contributed by atoms with Gasteiger partial charge in [0, 0.05) is 35.4 Å². The van der Waals surface area contributed by atoms with Crippen LogP contribution in [0.4, 0.5) is 11.4 Å². The number of rotatable bonds is 11. The molecule has 0 aliphatic heterocycles. The number of carbonyl (C=O) groups excluding carboxylic acids is 2. The largest absolute Gasteiger partial charge is 0.493 e. The average Bonchev–Trinajstić information content (AvgIpc) is 3.04. The summed E-state index contributed by atoms with van der Waals surface area (Å²) in [5, 5.41) is 6.99. The first-order valence-electron chi connectivity index (χ1n) is 14.1. The number of methoxy groups -OCH3 is 2. The molecule has 5 aromatic rings. The number of amides is 2. The smallest absolute Gasteiger partial charge is 0.257 e. The Labute approximate surface area is 261 Å². The van der Waals surface area contributed by atoms with Gasteiger partial charge in [0.1, 0.15) is 0 Å². The molecule has 0 spiro atoms. The van der Waals surface area contributed by atoms with E-state index in [1.807, 2.05) is 66.7 Å². The minimum Gasteiger partial charge on any atom is -0.493 e. The van der Waals surface area contributed by atoms with Crippen LogP contribution in [0.5, 0.6) is 11.5 Å². The van der Waals surface area contributed by atoms with Gasteiger partial charge in [-0.1, -0.05) is 48.0 Å². The molecule has 224 valence electrons. The summed E-state index contributed by atoms with van der Waals surface area (Å²) in [4.78, 5) is 32.9. The monoisotopic (exact) mass is 608 g/mol. The number of hydrogen-bond donors (Lipinski definition) is 2. The van der Waals surface area contributed by atoms with Crippen molar-refractivity contribution >= 4 is 45.7 Å². The number of aromatic nitrogens is 1. The number of carbonyl (C=O) groups is 2. The van der Waals surface area contributed by atoms with Gasteiger partial charge in [-0.25, -0.2) is 0 Å². The van der Waals surface area contributed by atoms with Crippen LogP contribution in [0.2, 0.25) is 5.02 Å². The Hall–Kier alpha value is -4.92. The lowest BCUT2D eigenvalue weighted by atomic mass is 10.1. The number of pyridine rings is 1. The van der Waals surface area contributed by atoms with Crippen LogP contribution in [0.15, 0.2) is 97.2 Å². The second-order valence-corrected chi connectivity index (χ2v) is 10.8. The van der Waals surface area contributed by atoms with Crippen LogP contribution >= 0.6 is 11.6 Å². The van der Waals surface area contributed by atoms with Crippen molar-refractivity contribution in [2.24, 2.45) is 0 Å². The molecule has 9 heteroatoms. The lowest BCUT2D eigenvalue weighted by Gasteiger charge is -2.18. The third-order valence-corrected chi connectivity index (χ3v) is 7.46. The molecule has 5 rings (SSSR count). The fourth-order valence-corrected chi connectivity index (χ4v) is 5.02. The third-order valence-electron chi connectivity index (χ3n) is 7.22. The first kappa shape index (κ1) is 30.5. The highest BCUT2D eigenvalue weighted by molar-refractivity contribution is 6.31. The van der Waals surface area contributed by atoms with Gasteiger partial charge in [0.25, 0.3) is 11.8 Å². The number of benzene rings is 4. The molecule has 0 atom stereocenters. The molecule has 4 aromatic carbocycles. The van der Waals surface area contributed by atoms with E-state index in [-0.39, 0.29) is 17.4 Å². The van der Waals surface area contributed by atoms with Crippen LogP contribution in [0.1, 0.15) is 31.8 Å². The molecule has 0 fully saturated rings. The van der Waals surface area contributed by atoms with Gasteiger partial charge in [-0.05, 0) is 79.2 Å². The van der Waals surface area contributed by atoms with Crippen molar-refractivity contribution in [3.63, 3.8) is 0 Å². The zero-order chi connectivity index (χ0) is 31.1. The molecule has 1 heterocycles. The Morgan fingerprint density at radius 1 is 0.818 bits per heavy atom. The number of nitrogens with zero attached hydrogens (tertiary/aromatic N) is 2. The van der Waals surface area contributed by atoms with Crippen molar-refractivity contribution < 1.29 is 19.1 Å². The minimum atomic E-state index is -0.389. The average molecular weight is 609 g/mol. The number of nitrogens with one attached hydrogen (secondary N) is 2. The number of para-hydroxylation sites is 1. The van der Waals surface area contributed by atoms with Gasteiger partial charge in [-0.3, -0.25) is 14.6 Å². The maximum atomic E-state index is 13.3. The van der Waals surface area contributed by atoms with Gasteiger partial charge in [0.2, 0.25) is 0 Å². The quantitative estimate of drug-likeness (QED) is 0.166. The molecule has 0 unspecified atom stereocenters. The second-order valence-electron chi connectivity index (χ2n) is 10.4. The maximum Gasteiger partial charge on any atom is 0.257 e. The fourth-order valence-electron chi connectivity index (χ4n) is 4.85. The van der Waals surface area contributed by atoms with E-state index in [4.69, 9.17) is 21.1 Å². The molecule has 0 bridgehead atoms. The Bertz CT molecular complexity index is 1790. The molecule has 0 saturated carbocycles. The van der Waals surface area contributed by atoms with Gasteiger partial charge in [-0.2, -0.15) is 0 Å². The zero-order valence-corrected chi connectivity index (χ0v) is 25.5. The lowest BCUT2D eigenvalue weighted by Crippen LogP contribution is -2.20. The number of ether oxygens (including phenoxy) is 2. The van der Waals surface area contributed by atoms with E-state index in [1.54, 1.807) is 38.5 Å². The predicted octanol–water partition coefficient (Wildman–Crippen LogP) is 7.08. The fraction of sp³-hybridized carbons (Fsp3) is 0.171. The molecule has 0 aliphatic rings. The summed E-state index contributed by atoms with van der Waals surface area (Å²) >= 11 is 6.22. The second kappa shape index (κ2) is 14.0. The Morgan fingerprint density at radius 2 is 1.57 bits per heavy atom. The summed E-state index contributed by atoms with van der Waals surface area (Å²) in [7, 11) is 5.33. The number of likely N-dealkylation sites (N-methyl/N-ethyl adjacent to an activating group) is 1. The van der Waals surface area contributed by atoms with Crippen LogP contribution in [-0.2, 0) is 13.0 Å². The van der Waals surface area contributed by atoms with Gasteiger partial charge < -0.3 is 25.0 Å². The number of hydrogen-bond acceptors (Lipinski definition) is 6. The van der Waals surface area contributed by atoms with E-state index in [0.717, 1.165) is 41.5 Å². The maximum absolute atomic E-state index is 13.3. The zero-order valence-electron chi connectivity index (χ0n) is 24.8. The van der Waals surface area contributed by atoms with Crippen LogP contribution in [0.25, 0.3) is 10.9 Å². The van der Waals surface area contributed by atoms with E-state index in [0.29, 0.717) is 33.5 Å². The van der Waals surface area contributed by atoms with Crippen molar-refractivity contribution in [3.05, 3.63) is 124 Å². The molecule has 2 N–H and O–H groups in total. The normalized spacial score (nSPS) is 10.9. The van der Waals surface area contributed by atoms with Crippen molar-refractivity contribution in [3.8, 4) is 11.5 Å². The number of fused-ring (bicyclic) bond motifs is 1. The summed E-state index contributed by atoms with van der Waals surface area (Å²) in [5.41, 5.74) is 4.68. The van der Waals surface area contributed by atoms with E-state index in [9.17, 15) is 9.59 Å². The van der Waals surface area contributed by atoms with Crippen LogP contribution in [0, 0.1) is 0 Å². The van der Waals surface area contributed by atoms with Crippen LogP contribution in [-0.4, -0.2) is 49.5 Å². The summed E-state index contributed by atoms with van der Waals surface area (Å²) in [6.07, 6.45) is 2.35. The lowest BCUT2D eigenvalue weighted by molar-refractivity contribution is 0.102. The van der Waals surface area contributed by atoms with Crippen molar-refractivity contribution in [1.82, 2.24) is 9.88 Å². The topological polar surface area (TPSA) is 92.8 Å². The summed E-state index contributed by atoms with van der Waals surface area (Å²) < 4.78 is 10.7. The van der Waals surface area contributed by atoms with Crippen molar-refractivity contribution in [1.29, 1.82) is 0 Å². The summed E-state index contributed by atoms with van der Waals surface area (Å²) in [5.74, 6) is 0.670. The SMILES string of the molecule is COc1ccc(CN(C)CCc2ccc(NC(=O)c3ccc(Cl)cc3NC(=O)c3cnc4ccccc4c3)cc2)cc1OC. The Morgan fingerprint density at radius 3 is 2.34 bits per heavy atom. The highest BCUT2D eigenvalue weighted by atomic mass is 35.5. The first-order valence-corrected chi connectivity index (χ1v) is 14.5. The van der Waals surface area contributed by atoms with Gasteiger partial charge in [-0.15, -0.1) is 0 Å². The Kier molecular flexibility index (Phi) is 9.74. The van der Waals surface area contributed by atoms with Gasteiger partial charge >= 0.3 is 0 Å². The minimum absolute atomic E-state index is 0.289. The molecule has 0 saturated heterocycles. The third kappa shape index (κ3) is 7.53. The highest BCUT2D eigenvalue weighted by Gasteiger charge is 2.16. The standard InChI is InChI=1S/C35H33ClN4O4/c1-40(22-24-10-15-32(43-2)33(18-24)44-3)17-16-23-8-12-28(13-9-23)38-35(42)29-14-11-27(36)20-31(29)39-34(41)26-19-25-6-4-5-7-30(25)37-21-26/h4-15,18-21H,16-17,22H2,1-3H3,(H,38,42)(H,39,41). The van der Waals surface area contributed by atoms with Gasteiger partial charge in [0.15, 0.2) is 11.5 Å². The highest BCUT2D eigenvalue weighted by Crippen LogP contribution is 2.28. The number of halogens is 1. The molecule has 8 nitrogen and oxygen atoms in total. The van der Waals surface area contributed by atoms with E-state index >= 15 is 0 Å². The summed E-state index contributed by atoms with van der Waals surface area (Å²) in [6, 6.07) is 27.8. The van der Waals surface area contributed by atoms with E-state index in [1.165, 1.54) is 6.20 Å². The number of anilines is 2. The van der Waals surface area contributed by atoms with Crippen LogP contribution < -0.4 is 20.1 Å². The summed E-state index contributed by atoms with van der Waals surface area (Å²) in [6.45, 7) is 1.62. The van der Waals surface area contributed by atoms with Gasteiger partial charge in [0.05, 0.1) is 36.6 Å². The Balaban J connectivity index is 1.19. The molecule has 2 amide bonds. The van der Waals surface area contributed by atoms with Crippen LogP contribution in [0.3, 0.4) is 0 Å². The molecule has 44 heavy (non-hydrogen) atoms. The molecule has 0 aliphatic carbocycles. The van der Waals surface area contributed by atoms with Crippen molar-refractivity contribution in [2.75, 3.05) is 38.4 Å². The van der Waals surface area contributed by atoms with E-state index < -0.39 is 0 Å². The predicted molar refractivity (Wildman–Crippen MR) is 175 cm³/mol. The molecule has 0 radical (unpaired) electrons. The van der Waals surface area contributed by atoms with Crippen molar-refractivity contribution in [2.45, 2.75) is 13.0 Å². The molecule has 1 aromatic heterocycles.